The molecule has 5 rings (SSSR count). The van der Waals surface area contributed by atoms with Gasteiger partial charge in [-0.3, -0.25) is 4.90 Å². The van der Waals surface area contributed by atoms with Crippen LogP contribution in [0.2, 0.25) is 0 Å². The first-order valence-corrected chi connectivity index (χ1v) is 12.9. The third kappa shape index (κ3) is 6.02. The number of carbonyl (C=O) groups is 2. The van der Waals surface area contributed by atoms with Crippen LogP contribution in [0.25, 0.3) is 0 Å². The molecule has 2 heterocycles. The van der Waals surface area contributed by atoms with Gasteiger partial charge in [0.1, 0.15) is 11.4 Å². The van der Waals surface area contributed by atoms with E-state index >= 15 is 0 Å². The fourth-order valence-electron chi connectivity index (χ4n) is 5.75. The van der Waals surface area contributed by atoms with Crippen molar-refractivity contribution < 1.29 is 27.9 Å². The van der Waals surface area contributed by atoms with Crippen LogP contribution in [0.3, 0.4) is 0 Å². The van der Waals surface area contributed by atoms with E-state index in [2.05, 4.69) is 57.4 Å². The summed E-state index contributed by atoms with van der Waals surface area (Å²) >= 11 is 0. The minimum Gasteiger partial charge on any atom is -0.475 e. The van der Waals surface area contributed by atoms with Gasteiger partial charge in [-0.25, -0.2) is 9.59 Å². The van der Waals surface area contributed by atoms with Gasteiger partial charge in [-0.05, 0) is 51.0 Å². The zero-order chi connectivity index (χ0) is 25.9. The number of amidine groups is 1. The van der Waals surface area contributed by atoms with Gasteiger partial charge in [0.15, 0.2) is 0 Å². The van der Waals surface area contributed by atoms with Gasteiger partial charge < -0.3 is 15.3 Å². The first-order valence-electron chi connectivity index (χ1n) is 12.9. The summed E-state index contributed by atoms with van der Waals surface area (Å²) in [5.74, 6) is -1.76. The lowest BCUT2D eigenvalue weighted by atomic mass is 9.80. The molecule has 0 aromatic heterocycles. The molecule has 2 saturated carbocycles. The molecular weight excluding hydrogens is 473 g/mol. The Morgan fingerprint density at radius 1 is 1.14 bits per heavy atom. The number of likely N-dealkylation sites (tertiary alicyclic amines) is 1. The van der Waals surface area contributed by atoms with E-state index in [1.807, 2.05) is 0 Å². The highest BCUT2D eigenvalue weighted by Gasteiger charge is 2.57. The average molecular weight is 509 g/mol. The van der Waals surface area contributed by atoms with Gasteiger partial charge in [0.05, 0.1) is 0 Å². The SMILES string of the molecule is C[C@@H]1C[C@@]2(CCN1Cc1ccccc1)C(NC1CCCCC1)=NC(=O)N2C1CC1.O=C(O)C(F)(F)F. The Morgan fingerprint density at radius 3 is 2.33 bits per heavy atom. The Morgan fingerprint density at radius 2 is 1.78 bits per heavy atom. The van der Waals surface area contributed by atoms with Gasteiger partial charge in [-0.15, -0.1) is 0 Å². The van der Waals surface area contributed by atoms with Crippen molar-refractivity contribution in [3.63, 3.8) is 0 Å². The number of carboxylic acids is 1. The number of nitrogens with zero attached hydrogens (tertiary/aromatic N) is 3. The van der Waals surface area contributed by atoms with E-state index in [0.717, 1.165) is 44.6 Å². The van der Waals surface area contributed by atoms with Crippen LogP contribution in [-0.2, 0) is 11.3 Å². The summed E-state index contributed by atoms with van der Waals surface area (Å²) in [6.45, 7) is 4.33. The minimum absolute atomic E-state index is 0.00881. The monoisotopic (exact) mass is 508 g/mol. The van der Waals surface area contributed by atoms with E-state index in [-0.39, 0.29) is 11.6 Å². The second-order valence-corrected chi connectivity index (χ2v) is 10.4. The maximum atomic E-state index is 12.9. The van der Waals surface area contributed by atoms with E-state index in [1.54, 1.807) is 0 Å². The van der Waals surface area contributed by atoms with E-state index in [0.29, 0.717) is 18.1 Å². The van der Waals surface area contributed by atoms with Crippen molar-refractivity contribution in [3.05, 3.63) is 35.9 Å². The molecule has 1 spiro atoms. The highest BCUT2D eigenvalue weighted by atomic mass is 19.4. The van der Waals surface area contributed by atoms with Gasteiger partial charge in [0.25, 0.3) is 0 Å². The van der Waals surface area contributed by atoms with E-state index in [9.17, 15) is 18.0 Å². The zero-order valence-corrected chi connectivity index (χ0v) is 20.6. The summed E-state index contributed by atoms with van der Waals surface area (Å²) in [6, 6.07) is 12.1. The number of piperidine rings is 1. The smallest absolute Gasteiger partial charge is 0.475 e. The number of aliphatic imine (C=N–C) groups is 1. The molecule has 2 atom stereocenters. The Labute approximate surface area is 209 Å². The molecule has 1 saturated heterocycles. The first-order chi connectivity index (χ1) is 17.1. The maximum Gasteiger partial charge on any atom is 0.490 e. The van der Waals surface area contributed by atoms with Crippen molar-refractivity contribution >= 4 is 17.8 Å². The molecule has 0 bridgehead atoms. The number of hydrogen-bond donors (Lipinski definition) is 2. The summed E-state index contributed by atoms with van der Waals surface area (Å²) < 4.78 is 31.7. The number of halogens is 3. The van der Waals surface area contributed by atoms with Crippen molar-refractivity contribution in [1.29, 1.82) is 0 Å². The van der Waals surface area contributed by atoms with Crippen LogP contribution in [-0.4, -0.2) is 69.1 Å². The van der Waals surface area contributed by atoms with Gasteiger partial charge in [0.2, 0.25) is 0 Å². The molecule has 7 nitrogen and oxygen atoms in total. The minimum atomic E-state index is -5.08. The van der Waals surface area contributed by atoms with Crippen LogP contribution in [0.15, 0.2) is 35.3 Å². The van der Waals surface area contributed by atoms with Gasteiger partial charge in [-0.2, -0.15) is 18.2 Å². The first kappa shape index (κ1) is 26.4. The highest BCUT2D eigenvalue weighted by molar-refractivity contribution is 6.07. The van der Waals surface area contributed by atoms with E-state index in [4.69, 9.17) is 9.90 Å². The third-order valence-corrected chi connectivity index (χ3v) is 7.71. The maximum absolute atomic E-state index is 12.9. The van der Waals surface area contributed by atoms with Crippen LogP contribution < -0.4 is 5.32 Å². The second-order valence-electron chi connectivity index (χ2n) is 10.4. The fraction of sp³-hybridized carbons (Fsp3) is 0.654. The van der Waals surface area contributed by atoms with Gasteiger partial charge in [0, 0.05) is 31.2 Å². The molecule has 3 fully saturated rings. The number of hydrogen-bond acceptors (Lipinski definition) is 4. The molecule has 0 unspecified atom stereocenters. The van der Waals surface area contributed by atoms with Crippen molar-refractivity contribution in [2.45, 2.75) is 101 Å². The van der Waals surface area contributed by atoms with Crippen LogP contribution in [0.5, 0.6) is 0 Å². The summed E-state index contributed by atoms with van der Waals surface area (Å²) in [5, 5.41) is 10.9. The topological polar surface area (TPSA) is 85.2 Å². The molecule has 10 heteroatoms. The quantitative estimate of drug-likeness (QED) is 0.601. The normalized spacial score (nSPS) is 27.4. The molecule has 1 aromatic rings. The molecule has 2 aliphatic heterocycles. The van der Waals surface area contributed by atoms with Crippen LogP contribution in [0.4, 0.5) is 18.0 Å². The highest BCUT2D eigenvalue weighted by Crippen LogP contribution is 2.44. The number of alkyl halides is 3. The average Bonchev–Trinajstić information content (AvgIpc) is 3.63. The number of carbonyl (C=O) groups excluding carboxylic acids is 1. The molecule has 2 amide bonds. The van der Waals surface area contributed by atoms with Crippen molar-refractivity contribution in [2.24, 2.45) is 4.99 Å². The standard InChI is InChI=1S/C24H34N4O.C2HF3O2/c1-18-16-24(14-15-27(18)17-19-8-4-2-5-9-19)22(25-20-10-6-3-7-11-20)26-23(29)28(24)21-12-13-21;3-2(4,5)1(6)7/h2,4-5,8-9,18,20-21H,3,6-7,10-17H2,1H3,(H,25,26,29);(H,6,7)/t18-,24+;/m1./s1. The molecule has 36 heavy (non-hydrogen) atoms. The number of carboxylic acid groups (broad SMARTS) is 1. The van der Waals surface area contributed by atoms with Crippen molar-refractivity contribution in [3.8, 4) is 0 Å². The molecule has 0 radical (unpaired) electrons. The van der Waals surface area contributed by atoms with Crippen LogP contribution in [0, 0.1) is 0 Å². The van der Waals surface area contributed by atoms with Crippen molar-refractivity contribution in [1.82, 2.24) is 15.1 Å². The predicted molar refractivity (Wildman–Crippen MR) is 130 cm³/mol. The molecule has 2 aliphatic carbocycles. The number of aliphatic carboxylic acids is 1. The molecule has 4 aliphatic rings. The summed E-state index contributed by atoms with van der Waals surface area (Å²) in [4.78, 5) is 31.2. The van der Waals surface area contributed by atoms with Crippen molar-refractivity contribution in [2.75, 3.05) is 6.54 Å². The number of rotatable bonds is 4. The Hall–Kier alpha value is -2.62. The lowest BCUT2D eigenvalue weighted by molar-refractivity contribution is -0.192. The fourth-order valence-corrected chi connectivity index (χ4v) is 5.75. The number of benzene rings is 1. The summed E-state index contributed by atoms with van der Waals surface area (Å²) in [7, 11) is 0. The lowest BCUT2D eigenvalue weighted by Gasteiger charge is -2.49. The predicted octanol–water partition coefficient (Wildman–Crippen LogP) is 4.96. The Bertz CT molecular complexity index is 961. The molecular formula is C26H35F3N4O3. The number of urea groups is 1. The van der Waals surface area contributed by atoms with Gasteiger partial charge >= 0.3 is 18.2 Å². The Balaban J connectivity index is 0.000000384. The Kier molecular flexibility index (Phi) is 7.92. The molecule has 1 aromatic carbocycles. The van der Waals surface area contributed by atoms with E-state index < -0.39 is 12.1 Å². The largest absolute Gasteiger partial charge is 0.490 e. The second kappa shape index (κ2) is 10.8. The summed E-state index contributed by atoms with van der Waals surface area (Å²) in [5.41, 5.74) is 1.16. The molecule has 198 valence electrons. The number of nitrogens with one attached hydrogen (secondary N) is 1. The van der Waals surface area contributed by atoms with Gasteiger partial charge in [-0.1, -0.05) is 49.6 Å². The van der Waals surface area contributed by atoms with Crippen LogP contribution >= 0.6 is 0 Å². The number of amides is 2. The third-order valence-electron chi connectivity index (χ3n) is 7.71. The lowest BCUT2D eigenvalue weighted by Crippen LogP contribution is -2.64. The summed E-state index contributed by atoms with van der Waals surface area (Å²) in [6.07, 6.45) is 5.52. The molecule has 2 N–H and O–H groups in total. The zero-order valence-electron chi connectivity index (χ0n) is 20.6. The van der Waals surface area contributed by atoms with E-state index in [1.165, 1.54) is 37.7 Å². The van der Waals surface area contributed by atoms with Crippen LogP contribution in [0.1, 0.15) is 70.3 Å².